The molecule has 1 aliphatic rings. The van der Waals surface area contributed by atoms with Crippen molar-refractivity contribution in [3.8, 4) is 5.75 Å². The summed E-state index contributed by atoms with van der Waals surface area (Å²) in [7, 11) is -3.94. The van der Waals surface area contributed by atoms with E-state index in [2.05, 4.69) is 4.72 Å². The summed E-state index contributed by atoms with van der Waals surface area (Å²) < 4.78 is 34.5. The van der Waals surface area contributed by atoms with Gasteiger partial charge in [-0.2, -0.15) is 0 Å². The molecule has 0 fully saturated rings. The maximum Gasteiger partial charge on any atom is 0.269 e. The van der Waals surface area contributed by atoms with E-state index in [-0.39, 0.29) is 23.1 Å². The van der Waals surface area contributed by atoms with Gasteiger partial charge in [-0.05, 0) is 35.9 Å². The average molecular weight is 445 g/mol. The molecule has 30 heavy (non-hydrogen) atoms. The molecule has 1 aliphatic heterocycles. The monoisotopic (exact) mass is 444 g/mol. The lowest BCUT2D eigenvalue weighted by Gasteiger charge is -2.34. The lowest BCUT2D eigenvalue weighted by molar-refractivity contribution is -0.384. The second-order valence-corrected chi connectivity index (χ2v) is 9.01. The van der Waals surface area contributed by atoms with E-state index in [1.54, 1.807) is 18.2 Å². The smallest absolute Gasteiger partial charge is 0.269 e. The highest BCUT2D eigenvalue weighted by Gasteiger charge is 2.35. The lowest BCUT2D eigenvalue weighted by atomic mass is 9.84. The molecule has 9 heteroatoms. The van der Waals surface area contributed by atoms with Crippen LogP contribution in [0.4, 0.5) is 5.69 Å². The molecule has 0 radical (unpaired) electrons. The van der Waals surface area contributed by atoms with Crippen LogP contribution >= 0.6 is 11.6 Å². The van der Waals surface area contributed by atoms with Gasteiger partial charge >= 0.3 is 0 Å². The standard InChI is InChI=1S/C21H17ClN2O5S/c22-15-6-11-20-18(12-15)21(14-4-2-1-3-5-14)19(13-29-20)23-30(27,28)17-9-7-16(8-10-17)24(25)26/h1-12,19,21,23H,13H2/t19-,21-/m1/s1. The third-order valence-corrected chi connectivity index (χ3v) is 6.69. The molecule has 0 unspecified atom stereocenters. The normalized spacial score (nSPS) is 18.3. The van der Waals surface area contributed by atoms with Gasteiger partial charge < -0.3 is 4.74 Å². The molecular formula is C21H17ClN2O5S. The Hall–Kier alpha value is -2.94. The van der Waals surface area contributed by atoms with E-state index >= 15 is 0 Å². The zero-order valence-electron chi connectivity index (χ0n) is 15.6. The fourth-order valence-electron chi connectivity index (χ4n) is 3.57. The highest BCUT2D eigenvalue weighted by molar-refractivity contribution is 7.89. The Morgan fingerprint density at radius 3 is 2.40 bits per heavy atom. The third-order valence-electron chi connectivity index (χ3n) is 4.95. The Morgan fingerprint density at radius 2 is 1.73 bits per heavy atom. The molecule has 3 aromatic rings. The number of nitro groups is 1. The maximum atomic E-state index is 13.0. The van der Waals surface area contributed by atoms with Crippen molar-refractivity contribution in [2.75, 3.05) is 6.61 Å². The topological polar surface area (TPSA) is 98.5 Å². The van der Waals surface area contributed by atoms with Crippen molar-refractivity contribution in [1.29, 1.82) is 0 Å². The molecule has 7 nitrogen and oxygen atoms in total. The van der Waals surface area contributed by atoms with E-state index in [1.165, 1.54) is 12.1 Å². The first-order chi connectivity index (χ1) is 14.3. The van der Waals surface area contributed by atoms with Gasteiger partial charge in [-0.25, -0.2) is 13.1 Å². The van der Waals surface area contributed by atoms with Gasteiger partial charge in [0, 0.05) is 28.6 Å². The van der Waals surface area contributed by atoms with Gasteiger partial charge in [0.05, 0.1) is 15.9 Å². The van der Waals surface area contributed by atoms with E-state index in [0.717, 1.165) is 23.3 Å². The summed E-state index contributed by atoms with van der Waals surface area (Å²) in [5, 5.41) is 11.4. The van der Waals surface area contributed by atoms with Crippen LogP contribution < -0.4 is 9.46 Å². The van der Waals surface area contributed by atoms with E-state index in [1.807, 2.05) is 30.3 Å². The molecule has 1 N–H and O–H groups in total. The maximum absolute atomic E-state index is 13.0. The first-order valence-electron chi connectivity index (χ1n) is 9.09. The molecule has 3 aromatic carbocycles. The number of hydrogen-bond donors (Lipinski definition) is 1. The van der Waals surface area contributed by atoms with Gasteiger partial charge in [-0.15, -0.1) is 0 Å². The summed E-state index contributed by atoms with van der Waals surface area (Å²) in [5.74, 6) is 0.334. The van der Waals surface area contributed by atoms with E-state index < -0.39 is 21.0 Å². The number of nitrogens with zero attached hydrogens (tertiary/aromatic N) is 1. The summed E-state index contributed by atoms with van der Waals surface area (Å²) in [5.41, 5.74) is 1.53. The highest BCUT2D eigenvalue weighted by atomic mass is 35.5. The largest absolute Gasteiger partial charge is 0.492 e. The van der Waals surface area contributed by atoms with E-state index in [4.69, 9.17) is 16.3 Å². The van der Waals surface area contributed by atoms with Crippen LogP contribution in [0, 0.1) is 10.1 Å². The Kier molecular flexibility index (Phi) is 5.46. The SMILES string of the molecule is O=[N+]([O-])c1ccc(S(=O)(=O)N[C@@H]2COc3ccc(Cl)cc3[C@H]2c2ccccc2)cc1. The highest BCUT2D eigenvalue weighted by Crippen LogP contribution is 2.40. The molecule has 0 saturated heterocycles. The van der Waals surface area contributed by atoms with Crippen LogP contribution in [0.25, 0.3) is 0 Å². The summed E-state index contributed by atoms with van der Waals surface area (Å²) in [6, 6.07) is 18.9. The number of nitro benzene ring substituents is 1. The van der Waals surface area contributed by atoms with Crippen molar-refractivity contribution in [1.82, 2.24) is 4.72 Å². The number of sulfonamides is 1. The fraction of sp³-hybridized carbons (Fsp3) is 0.143. The number of nitrogens with one attached hydrogen (secondary N) is 1. The van der Waals surface area contributed by atoms with Crippen molar-refractivity contribution in [3.63, 3.8) is 0 Å². The summed E-state index contributed by atoms with van der Waals surface area (Å²) in [4.78, 5) is 10.2. The second-order valence-electron chi connectivity index (χ2n) is 6.86. The van der Waals surface area contributed by atoms with Crippen molar-refractivity contribution >= 4 is 27.3 Å². The molecule has 0 amide bonds. The van der Waals surface area contributed by atoms with Crippen LogP contribution in [-0.2, 0) is 10.0 Å². The van der Waals surface area contributed by atoms with E-state index in [9.17, 15) is 18.5 Å². The predicted molar refractivity (Wildman–Crippen MR) is 112 cm³/mol. The van der Waals surface area contributed by atoms with Gasteiger partial charge in [0.25, 0.3) is 5.69 Å². The molecular weight excluding hydrogens is 428 g/mol. The molecule has 4 rings (SSSR count). The Balaban J connectivity index is 1.71. The van der Waals surface area contributed by atoms with E-state index in [0.29, 0.717) is 10.8 Å². The van der Waals surface area contributed by atoms with Crippen molar-refractivity contribution in [2.45, 2.75) is 16.9 Å². The summed E-state index contributed by atoms with van der Waals surface area (Å²) in [6.45, 7) is 0.125. The molecule has 0 aromatic heterocycles. The van der Waals surface area contributed by atoms with Crippen molar-refractivity contribution in [2.24, 2.45) is 0 Å². The third kappa shape index (κ3) is 4.02. The number of non-ortho nitro benzene ring substituents is 1. The van der Waals surface area contributed by atoms with Gasteiger partial charge in [-0.1, -0.05) is 41.9 Å². The van der Waals surface area contributed by atoms with Crippen LogP contribution in [0.2, 0.25) is 5.02 Å². The summed E-state index contributed by atoms with van der Waals surface area (Å²) in [6.07, 6.45) is 0. The molecule has 1 heterocycles. The Morgan fingerprint density at radius 1 is 1.03 bits per heavy atom. The number of hydrogen-bond acceptors (Lipinski definition) is 5. The lowest BCUT2D eigenvalue weighted by Crippen LogP contribution is -2.45. The number of fused-ring (bicyclic) bond motifs is 1. The molecule has 0 aliphatic carbocycles. The zero-order chi connectivity index (χ0) is 21.3. The predicted octanol–water partition coefficient (Wildman–Crippen LogP) is 4.12. The minimum atomic E-state index is -3.94. The minimum Gasteiger partial charge on any atom is -0.492 e. The van der Waals surface area contributed by atoms with Gasteiger partial charge in [0.2, 0.25) is 10.0 Å². The van der Waals surface area contributed by atoms with Crippen LogP contribution in [0.3, 0.4) is 0 Å². The quantitative estimate of drug-likeness (QED) is 0.471. The molecule has 2 atom stereocenters. The molecule has 154 valence electrons. The molecule has 0 spiro atoms. The van der Waals surface area contributed by atoms with Gasteiger partial charge in [-0.3, -0.25) is 10.1 Å². The summed E-state index contributed by atoms with van der Waals surface area (Å²) >= 11 is 6.20. The first-order valence-corrected chi connectivity index (χ1v) is 11.0. The molecule has 0 bridgehead atoms. The van der Waals surface area contributed by atoms with Crippen LogP contribution in [0.15, 0.2) is 77.7 Å². The number of benzene rings is 3. The number of halogens is 1. The second kappa shape index (κ2) is 8.06. The van der Waals surface area contributed by atoms with Crippen LogP contribution in [0.1, 0.15) is 17.0 Å². The number of ether oxygens (including phenoxy) is 1. The van der Waals surface area contributed by atoms with Crippen molar-refractivity contribution in [3.05, 3.63) is 99.1 Å². The molecule has 0 saturated carbocycles. The number of rotatable bonds is 5. The van der Waals surface area contributed by atoms with Gasteiger partial charge in [0.15, 0.2) is 0 Å². The Labute approximate surface area is 178 Å². The fourth-order valence-corrected chi connectivity index (χ4v) is 4.99. The van der Waals surface area contributed by atoms with Crippen LogP contribution in [0.5, 0.6) is 5.75 Å². The first kappa shape index (κ1) is 20.3. The van der Waals surface area contributed by atoms with Gasteiger partial charge in [0.1, 0.15) is 12.4 Å². The average Bonchev–Trinajstić information content (AvgIpc) is 2.74. The van der Waals surface area contributed by atoms with Crippen molar-refractivity contribution < 1.29 is 18.1 Å². The zero-order valence-corrected chi connectivity index (χ0v) is 17.1. The minimum absolute atomic E-state index is 0.0585. The Bertz CT molecular complexity index is 1180. The van der Waals surface area contributed by atoms with Crippen LogP contribution in [-0.4, -0.2) is 26.0 Å².